The van der Waals surface area contributed by atoms with Crippen molar-refractivity contribution >= 4 is 27.5 Å². The van der Waals surface area contributed by atoms with Crippen molar-refractivity contribution in [3.8, 4) is 0 Å². The van der Waals surface area contributed by atoms with Crippen molar-refractivity contribution < 1.29 is 13.6 Å². The minimum atomic E-state index is -0.769. The van der Waals surface area contributed by atoms with Crippen LogP contribution in [0.1, 0.15) is 26.2 Å². The van der Waals surface area contributed by atoms with Crippen molar-refractivity contribution in [2.45, 2.75) is 26.2 Å². The molecule has 1 heterocycles. The van der Waals surface area contributed by atoms with Gasteiger partial charge >= 0.3 is 0 Å². The zero-order chi connectivity index (χ0) is 14.8. The fourth-order valence-electron chi connectivity index (χ4n) is 2.50. The highest BCUT2D eigenvalue weighted by Crippen LogP contribution is 2.32. The Bertz CT molecular complexity index is 516. The molecule has 0 radical (unpaired) electrons. The molecule has 0 aliphatic carbocycles. The van der Waals surface area contributed by atoms with Gasteiger partial charge < -0.3 is 10.6 Å². The van der Waals surface area contributed by atoms with E-state index in [1.54, 1.807) is 0 Å². The summed E-state index contributed by atoms with van der Waals surface area (Å²) in [5.74, 6) is -1.68. The van der Waals surface area contributed by atoms with Crippen LogP contribution in [0, 0.1) is 17.0 Å². The topological polar surface area (TPSA) is 41.1 Å². The number of hydrogen-bond donors (Lipinski definition) is 2. The molecule has 0 bridgehead atoms. The van der Waals surface area contributed by atoms with Crippen molar-refractivity contribution in [1.29, 1.82) is 0 Å². The second-order valence-electron chi connectivity index (χ2n) is 5.11. The Hall–Kier alpha value is -1.01. The van der Waals surface area contributed by atoms with E-state index in [1.807, 2.05) is 6.92 Å². The summed E-state index contributed by atoms with van der Waals surface area (Å²) in [6, 6.07) is 2.01. The molecule has 1 aliphatic rings. The largest absolute Gasteiger partial charge is 0.323 e. The van der Waals surface area contributed by atoms with E-state index in [0.29, 0.717) is 13.0 Å². The lowest BCUT2D eigenvalue weighted by Gasteiger charge is -2.35. The number of anilines is 1. The molecule has 1 aliphatic heterocycles. The van der Waals surface area contributed by atoms with E-state index in [2.05, 4.69) is 26.6 Å². The van der Waals surface area contributed by atoms with Gasteiger partial charge in [-0.25, -0.2) is 8.78 Å². The van der Waals surface area contributed by atoms with Crippen LogP contribution in [0.5, 0.6) is 0 Å². The molecule has 1 atom stereocenters. The second kappa shape index (κ2) is 6.18. The summed E-state index contributed by atoms with van der Waals surface area (Å²) < 4.78 is 27.0. The fourth-order valence-corrected chi connectivity index (χ4v) is 2.84. The molecule has 0 saturated carbocycles. The van der Waals surface area contributed by atoms with Gasteiger partial charge in [0.05, 0.1) is 15.6 Å². The normalized spacial score (nSPS) is 22.6. The molecule has 0 aromatic heterocycles. The van der Waals surface area contributed by atoms with E-state index in [4.69, 9.17) is 0 Å². The molecule has 1 fully saturated rings. The van der Waals surface area contributed by atoms with Gasteiger partial charge in [0, 0.05) is 12.6 Å². The Morgan fingerprint density at radius 2 is 2.20 bits per heavy atom. The van der Waals surface area contributed by atoms with E-state index in [-0.39, 0.29) is 16.1 Å². The first kappa shape index (κ1) is 15.4. The Labute approximate surface area is 125 Å². The summed E-state index contributed by atoms with van der Waals surface area (Å²) in [5, 5.41) is 5.79. The smallest absolute Gasteiger partial charge is 0.231 e. The molecule has 2 N–H and O–H groups in total. The number of carbonyl (C=O) groups excluding carboxylic acids is 1. The Balaban J connectivity index is 2.20. The third kappa shape index (κ3) is 3.01. The molecule has 3 nitrogen and oxygen atoms in total. The summed E-state index contributed by atoms with van der Waals surface area (Å²) >= 11 is 2.99. The van der Waals surface area contributed by atoms with E-state index >= 15 is 0 Å². The first-order valence-electron chi connectivity index (χ1n) is 6.65. The molecule has 1 unspecified atom stereocenters. The van der Waals surface area contributed by atoms with E-state index < -0.39 is 17.0 Å². The number of carbonyl (C=O) groups is 1. The first-order chi connectivity index (χ1) is 9.48. The van der Waals surface area contributed by atoms with E-state index in [0.717, 1.165) is 25.5 Å². The SMILES string of the molecule is CCC1(C(=O)Nc2cc(Br)c(F)cc2F)CCCNC1. The zero-order valence-electron chi connectivity index (χ0n) is 11.2. The van der Waals surface area contributed by atoms with Crippen LogP contribution in [-0.4, -0.2) is 19.0 Å². The molecule has 0 spiro atoms. The van der Waals surface area contributed by atoms with Gasteiger partial charge in [0.25, 0.3) is 0 Å². The van der Waals surface area contributed by atoms with Crippen LogP contribution in [0.25, 0.3) is 0 Å². The van der Waals surface area contributed by atoms with Crippen LogP contribution in [0.15, 0.2) is 16.6 Å². The van der Waals surface area contributed by atoms with Crippen LogP contribution >= 0.6 is 15.9 Å². The minimum Gasteiger partial charge on any atom is -0.323 e. The highest BCUT2D eigenvalue weighted by atomic mass is 79.9. The van der Waals surface area contributed by atoms with Crippen molar-refractivity contribution in [3.05, 3.63) is 28.2 Å². The van der Waals surface area contributed by atoms with Gasteiger partial charge in [0.2, 0.25) is 5.91 Å². The molecule has 1 aromatic rings. The highest BCUT2D eigenvalue weighted by molar-refractivity contribution is 9.10. The molecule has 110 valence electrons. The fraction of sp³-hybridized carbons (Fsp3) is 0.500. The second-order valence-corrected chi connectivity index (χ2v) is 5.97. The van der Waals surface area contributed by atoms with Crippen LogP contribution in [0.4, 0.5) is 14.5 Å². The summed E-state index contributed by atoms with van der Waals surface area (Å²) in [6.07, 6.45) is 2.36. The molecule has 2 rings (SSSR count). The lowest BCUT2D eigenvalue weighted by Crippen LogP contribution is -2.47. The molecule has 1 amide bonds. The standard InChI is InChI=1S/C14H17BrF2N2O/c1-2-14(4-3-5-18-8-14)13(20)19-12-6-9(15)10(16)7-11(12)17/h6-7,18H,2-5,8H2,1H3,(H,19,20). The van der Waals surface area contributed by atoms with Crippen molar-refractivity contribution in [2.75, 3.05) is 18.4 Å². The number of nitrogens with one attached hydrogen (secondary N) is 2. The third-order valence-electron chi connectivity index (χ3n) is 3.89. The number of amides is 1. The summed E-state index contributed by atoms with van der Waals surface area (Å²) in [6.45, 7) is 3.42. The lowest BCUT2D eigenvalue weighted by atomic mass is 9.77. The average Bonchev–Trinajstić information content (AvgIpc) is 2.45. The van der Waals surface area contributed by atoms with Gasteiger partial charge in [-0.3, -0.25) is 4.79 Å². The minimum absolute atomic E-state index is 0.00155. The van der Waals surface area contributed by atoms with Gasteiger partial charge in [0.15, 0.2) is 0 Å². The quantitative estimate of drug-likeness (QED) is 0.823. The summed E-state index contributed by atoms with van der Waals surface area (Å²) in [4.78, 5) is 12.4. The zero-order valence-corrected chi connectivity index (χ0v) is 12.8. The first-order valence-corrected chi connectivity index (χ1v) is 7.44. The number of hydrogen-bond acceptors (Lipinski definition) is 2. The summed E-state index contributed by atoms with van der Waals surface area (Å²) in [5.41, 5.74) is -0.521. The number of halogens is 3. The molecular formula is C14H17BrF2N2O. The van der Waals surface area contributed by atoms with Crippen molar-refractivity contribution in [1.82, 2.24) is 5.32 Å². The highest BCUT2D eigenvalue weighted by Gasteiger charge is 2.38. The van der Waals surface area contributed by atoms with Crippen LogP contribution in [0.2, 0.25) is 0 Å². The monoisotopic (exact) mass is 346 g/mol. The maximum absolute atomic E-state index is 13.7. The maximum Gasteiger partial charge on any atom is 0.231 e. The molecule has 1 aromatic carbocycles. The number of benzene rings is 1. The van der Waals surface area contributed by atoms with Crippen molar-refractivity contribution in [3.63, 3.8) is 0 Å². The van der Waals surface area contributed by atoms with Crippen LogP contribution in [-0.2, 0) is 4.79 Å². The molecule has 20 heavy (non-hydrogen) atoms. The average molecular weight is 347 g/mol. The van der Waals surface area contributed by atoms with Crippen LogP contribution < -0.4 is 10.6 Å². The van der Waals surface area contributed by atoms with Gasteiger partial charge in [0.1, 0.15) is 11.6 Å². The molecule has 1 saturated heterocycles. The maximum atomic E-state index is 13.7. The van der Waals surface area contributed by atoms with Gasteiger partial charge in [-0.15, -0.1) is 0 Å². The number of rotatable bonds is 3. The Morgan fingerprint density at radius 3 is 2.80 bits per heavy atom. The predicted molar refractivity (Wildman–Crippen MR) is 77.5 cm³/mol. The third-order valence-corrected chi connectivity index (χ3v) is 4.50. The summed E-state index contributed by atoms with van der Waals surface area (Å²) in [7, 11) is 0. The lowest BCUT2D eigenvalue weighted by molar-refractivity contribution is -0.126. The van der Waals surface area contributed by atoms with E-state index in [1.165, 1.54) is 6.07 Å². The number of piperidine rings is 1. The van der Waals surface area contributed by atoms with E-state index in [9.17, 15) is 13.6 Å². The van der Waals surface area contributed by atoms with Gasteiger partial charge in [-0.2, -0.15) is 0 Å². The Kier molecular flexibility index (Phi) is 4.75. The van der Waals surface area contributed by atoms with Gasteiger partial charge in [-0.1, -0.05) is 6.92 Å². The predicted octanol–water partition coefficient (Wildman–Crippen LogP) is 3.45. The van der Waals surface area contributed by atoms with Crippen molar-refractivity contribution in [2.24, 2.45) is 5.41 Å². The van der Waals surface area contributed by atoms with Gasteiger partial charge in [-0.05, 0) is 47.8 Å². The molecular weight excluding hydrogens is 330 g/mol. The molecule has 6 heteroatoms. The Morgan fingerprint density at radius 1 is 1.45 bits per heavy atom. The van der Waals surface area contributed by atoms with Crippen LogP contribution in [0.3, 0.4) is 0 Å².